The normalized spacial score (nSPS) is 12.8. The van der Waals surface area contributed by atoms with Crippen LogP contribution < -0.4 is 25.6 Å². The smallest absolute Gasteiger partial charge is 0.323 e. The molecule has 0 radical (unpaired) electrons. The lowest BCUT2D eigenvalue weighted by molar-refractivity contribution is 0.0951. The number of carbonyl (C=O) groups is 2. The van der Waals surface area contributed by atoms with Gasteiger partial charge in [-0.15, -0.1) is 0 Å². The van der Waals surface area contributed by atoms with Crippen molar-refractivity contribution in [2.75, 3.05) is 35.2 Å². The Morgan fingerprint density at radius 3 is 2.51 bits per heavy atom. The van der Waals surface area contributed by atoms with Crippen molar-refractivity contribution < 1.29 is 14.3 Å². The number of carbonyl (C=O) groups excluding carboxylic acids is 2. The average Bonchev–Trinajstić information content (AvgIpc) is 3.38. The van der Waals surface area contributed by atoms with E-state index in [0.717, 1.165) is 48.5 Å². The van der Waals surface area contributed by atoms with Gasteiger partial charge in [0.1, 0.15) is 5.75 Å². The predicted octanol–water partition coefficient (Wildman–Crippen LogP) is 5.57. The third-order valence-corrected chi connectivity index (χ3v) is 5.89. The van der Waals surface area contributed by atoms with Crippen molar-refractivity contribution in [3.63, 3.8) is 0 Å². The fourth-order valence-corrected chi connectivity index (χ4v) is 4.21. The van der Waals surface area contributed by atoms with Crippen molar-refractivity contribution in [1.82, 2.24) is 5.32 Å². The fourth-order valence-electron chi connectivity index (χ4n) is 4.21. The number of ether oxygens (including phenoxy) is 1. The lowest BCUT2D eigenvalue weighted by Crippen LogP contribution is -2.26. The van der Waals surface area contributed by atoms with Gasteiger partial charge in [-0.1, -0.05) is 24.3 Å². The van der Waals surface area contributed by atoms with E-state index in [1.165, 1.54) is 0 Å². The van der Waals surface area contributed by atoms with E-state index in [-0.39, 0.29) is 11.9 Å². The largest absolute Gasteiger partial charge is 0.494 e. The van der Waals surface area contributed by atoms with Crippen LogP contribution in [0.15, 0.2) is 66.7 Å². The van der Waals surface area contributed by atoms with E-state index in [9.17, 15) is 9.59 Å². The first kappa shape index (κ1) is 24.1. The minimum Gasteiger partial charge on any atom is -0.494 e. The maximum absolute atomic E-state index is 12.9. The van der Waals surface area contributed by atoms with Crippen LogP contribution in [0.25, 0.3) is 0 Å². The molecule has 7 heteroatoms. The number of anilines is 3. The Kier molecular flexibility index (Phi) is 7.88. The standard InChI is InChI=1S/C28H32N4O3/c1-3-35-24-11-7-9-21(17-24)19-29-27(33)22-12-13-26(32-14-4-5-15-32)25(18-22)31-28(34)30-23-10-6-8-20(2)16-23/h6-13,16-18H,3-5,14-15,19H2,1-2H3,(H,29,33)(H2,30,31,34). The maximum Gasteiger partial charge on any atom is 0.323 e. The summed E-state index contributed by atoms with van der Waals surface area (Å²) in [5, 5.41) is 8.80. The Hall–Kier alpha value is -4.00. The summed E-state index contributed by atoms with van der Waals surface area (Å²) in [5.74, 6) is 0.572. The van der Waals surface area contributed by atoms with Gasteiger partial charge in [0.05, 0.1) is 18.0 Å². The van der Waals surface area contributed by atoms with Crippen LogP contribution in [0, 0.1) is 6.92 Å². The van der Waals surface area contributed by atoms with Gasteiger partial charge in [0.15, 0.2) is 0 Å². The number of nitrogens with one attached hydrogen (secondary N) is 3. The molecule has 1 heterocycles. The highest BCUT2D eigenvalue weighted by Crippen LogP contribution is 2.30. The van der Waals surface area contributed by atoms with Crippen molar-refractivity contribution >= 4 is 29.0 Å². The Labute approximate surface area is 206 Å². The average molecular weight is 473 g/mol. The molecule has 35 heavy (non-hydrogen) atoms. The Morgan fingerprint density at radius 2 is 1.74 bits per heavy atom. The number of urea groups is 1. The molecule has 3 aromatic rings. The third-order valence-electron chi connectivity index (χ3n) is 5.89. The van der Waals surface area contributed by atoms with Gasteiger partial charge < -0.3 is 25.6 Å². The number of rotatable bonds is 8. The topological polar surface area (TPSA) is 82.7 Å². The number of aryl methyl sites for hydroxylation is 1. The van der Waals surface area contributed by atoms with E-state index in [1.807, 2.05) is 74.5 Å². The first-order valence-electron chi connectivity index (χ1n) is 12.1. The van der Waals surface area contributed by atoms with Crippen LogP contribution in [0.2, 0.25) is 0 Å². The van der Waals surface area contributed by atoms with Crippen LogP contribution in [0.1, 0.15) is 41.3 Å². The van der Waals surface area contributed by atoms with E-state index in [2.05, 4.69) is 20.9 Å². The first-order valence-corrected chi connectivity index (χ1v) is 12.1. The zero-order chi connectivity index (χ0) is 24.6. The van der Waals surface area contributed by atoms with Crippen molar-refractivity contribution in [2.24, 2.45) is 0 Å². The van der Waals surface area contributed by atoms with E-state index >= 15 is 0 Å². The van der Waals surface area contributed by atoms with Crippen LogP contribution in [0.3, 0.4) is 0 Å². The van der Waals surface area contributed by atoms with E-state index in [4.69, 9.17) is 4.74 Å². The summed E-state index contributed by atoms with van der Waals surface area (Å²) < 4.78 is 5.54. The minimum atomic E-state index is -0.346. The minimum absolute atomic E-state index is 0.207. The number of amides is 3. The van der Waals surface area contributed by atoms with Crippen molar-refractivity contribution in [3.05, 3.63) is 83.4 Å². The molecule has 3 aromatic carbocycles. The lowest BCUT2D eigenvalue weighted by Gasteiger charge is -2.22. The van der Waals surface area contributed by atoms with E-state index in [1.54, 1.807) is 6.07 Å². The van der Waals surface area contributed by atoms with Gasteiger partial charge in [0, 0.05) is 30.9 Å². The number of nitrogens with zero attached hydrogens (tertiary/aromatic N) is 1. The van der Waals surface area contributed by atoms with E-state index in [0.29, 0.717) is 30.1 Å². The molecule has 1 aliphatic rings. The van der Waals surface area contributed by atoms with Crippen LogP contribution in [0.4, 0.5) is 21.9 Å². The van der Waals surface area contributed by atoms with Gasteiger partial charge >= 0.3 is 6.03 Å². The second kappa shape index (κ2) is 11.4. The molecule has 0 spiro atoms. The molecular weight excluding hydrogens is 440 g/mol. The highest BCUT2D eigenvalue weighted by Gasteiger charge is 2.19. The Balaban J connectivity index is 1.48. The molecule has 1 fully saturated rings. The van der Waals surface area contributed by atoms with Gasteiger partial charge in [-0.2, -0.15) is 0 Å². The third kappa shape index (κ3) is 6.53. The molecule has 0 saturated carbocycles. The van der Waals surface area contributed by atoms with Gasteiger partial charge in [0.2, 0.25) is 0 Å². The zero-order valence-electron chi connectivity index (χ0n) is 20.3. The quantitative estimate of drug-likeness (QED) is 0.400. The highest BCUT2D eigenvalue weighted by atomic mass is 16.5. The molecule has 0 aromatic heterocycles. The van der Waals surface area contributed by atoms with Crippen molar-refractivity contribution in [1.29, 1.82) is 0 Å². The first-order chi connectivity index (χ1) is 17.0. The van der Waals surface area contributed by atoms with Gasteiger partial charge in [-0.25, -0.2) is 4.79 Å². The molecule has 0 atom stereocenters. The summed E-state index contributed by atoms with van der Waals surface area (Å²) in [6, 6.07) is 20.4. The molecule has 182 valence electrons. The Bertz CT molecular complexity index is 1190. The predicted molar refractivity (Wildman–Crippen MR) is 140 cm³/mol. The summed E-state index contributed by atoms with van der Waals surface area (Å²) in [5.41, 5.74) is 4.75. The fraction of sp³-hybridized carbons (Fsp3) is 0.286. The highest BCUT2D eigenvalue weighted by molar-refractivity contribution is 6.04. The molecule has 7 nitrogen and oxygen atoms in total. The van der Waals surface area contributed by atoms with Crippen molar-refractivity contribution in [2.45, 2.75) is 33.2 Å². The zero-order valence-corrected chi connectivity index (χ0v) is 20.3. The summed E-state index contributed by atoms with van der Waals surface area (Å²) >= 11 is 0. The lowest BCUT2D eigenvalue weighted by atomic mass is 10.1. The maximum atomic E-state index is 12.9. The van der Waals surface area contributed by atoms with Crippen LogP contribution >= 0.6 is 0 Å². The molecule has 3 amide bonds. The summed E-state index contributed by atoms with van der Waals surface area (Å²) in [7, 11) is 0. The van der Waals surface area contributed by atoms with Gasteiger partial charge in [-0.05, 0) is 80.3 Å². The molecule has 4 rings (SSSR count). The summed E-state index contributed by atoms with van der Waals surface area (Å²) in [6.45, 7) is 6.74. The monoisotopic (exact) mass is 472 g/mol. The van der Waals surface area contributed by atoms with Gasteiger partial charge in [0.25, 0.3) is 5.91 Å². The second-order valence-electron chi connectivity index (χ2n) is 8.64. The van der Waals surface area contributed by atoms with E-state index < -0.39 is 0 Å². The number of hydrogen-bond acceptors (Lipinski definition) is 4. The molecule has 0 aliphatic carbocycles. The Morgan fingerprint density at radius 1 is 0.943 bits per heavy atom. The molecule has 1 aliphatic heterocycles. The molecule has 0 bridgehead atoms. The SMILES string of the molecule is CCOc1cccc(CNC(=O)c2ccc(N3CCCC3)c(NC(=O)Nc3cccc(C)c3)c2)c1. The summed E-state index contributed by atoms with van der Waals surface area (Å²) in [4.78, 5) is 28.0. The molecule has 3 N–H and O–H groups in total. The second-order valence-corrected chi connectivity index (χ2v) is 8.64. The molecular formula is C28H32N4O3. The van der Waals surface area contributed by atoms with Crippen molar-refractivity contribution in [3.8, 4) is 5.75 Å². The number of benzene rings is 3. The van der Waals surface area contributed by atoms with Gasteiger partial charge in [-0.3, -0.25) is 4.79 Å². The molecule has 1 saturated heterocycles. The van der Waals surface area contributed by atoms with Crippen LogP contribution in [-0.4, -0.2) is 31.6 Å². The number of hydrogen-bond donors (Lipinski definition) is 3. The molecule has 0 unspecified atom stereocenters. The van der Waals surface area contributed by atoms with Crippen LogP contribution in [0.5, 0.6) is 5.75 Å². The summed E-state index contributed by atoms with van der Waals surface area (Å²) in [6.07, 6.45) is 2.22. The van der Waals surface area contributed by atoms with Crippen LogP contribution in [-0.2, 0) is 6.54 Å².